The molecule has 0 aliphatic carbocycles. The first-order valence-electron chi connectivity index (χ1n) is 6.36. The summed E-state index contributed by atoms with van der Waals surface area (Å²) in [6, 6.07) is 0.0361. The number of halogens is 3. The highest BCUT2D eigenvalue weighted by Crippen LogP contribution is 2.26. The fourth-order valence-corrected chi connectivity index (χ4v) is 1.75. The van der Waals surface area contributed by atoms with Crippen molar-refractivity contribution in [2.75, 3.05) is 0 Å². The lowest BCUT2D eigenvalue weighted by molar-refractivity contribution is -0.141. The van der Waals surface area contributed by atoms with Gasteiger partial charge in [-0.1, -0.05) is 13.8 Å². The molecule has 1 rings (SSSR count). The minimum absolute atomic E-state index is 0.0349. The number of pyridine rings is 1. The maximum absolute atomic E-state index is 12.4. The van der Waals surface area contributed by atoms with Crippen LogP contribution < -0.4 is 10.9 Å². The lowest BCUT2D eigenvalue weighted by Gasteiger charge is -2.16. The van der Waals surface area contributed by atoms with Gasteiger partial charge in [-0.3, -0.25) is 9.59 Å². The van der Waals surface area contributed by atoms with Gasteiger partial charge in [-0.15, -0.1) is 0 Å². The Hall–Kier alpha value is -2.32. The number of carboxylic acid groups (broad SMARTS) is 1. The maximum atomic E-state index is 12.4. The van der Waals surface area contributed by atoms with Gasteiger partial charge in [0.25, 0.3) is 11.5 Å². The Kier molecular flexibility index (Phi) is 5.34. The fourth-order valence-electron chi connectivity index (χ4n) is 1.75. The van der Waals surface area contributed by atoms with Crippen LogP contribution in [0.4, 0.5) is 13.2 Å². The molecule has 0 unspecified atom stereocenters. The smallest absolute Gasteiger partial charge is 0.431 e. The van der Waals surface area contributed by atoms with Gasteiger partial charge in [-0.05, 0) is 24.5 Å². The first-order valence-corrected chi connectivity index (χ1v) is 6.36. The largest absolute Gasteiger partial charge is 0.480 e. The molecule has 0 aromatic carbocycles. The number of nitrogens with one attached hydrogen (secondary N) is 2. The first-order chi connectivity index (χ1) is 10.0. The highest BCUT2D eigenvalue weighted by Gasteiger charge is 2.32. The molecule has 0 aliphatic rings. The second-order valence-corrected chi connectivity index (χ2v) is 5.11. The molecule has 1 aromatic heterocycles. The lowest BCUT2D eigenvalue weighted by atomic mass is 10.0. The van der Waals surface area contributed by atoms with Gasteiger partial charge in [0.05, 0.1) is 0 Å². The fraction of sp³-hybridized carbons (Fsp3) is 0.462. The standard InChI is InChI=1S/C13H15F3N2O4/c1-6(2)5-8(12(21)22)17-10(19)7-3-4-9(13(14,15)16)18-11(7)20/h3-4,6,8H,5H2,1-2H3,(H,17,19)(H,18,20)(H,21,22)/t8-/m1/s1. The van der Waals surface area contributed by atoms with E-state index in [1.165, 1.54) is 0 Å². The normalized spacial score (nSPS) is 13.0. The number of hydrogen-bond donors (Lipinski definition) is 3. The third-order valence-electron chi connectivity index (χ3n) is 2.77. The van der Waals surface area contributed by atoms with Crippen LogP contribution in [0.25, 0.3) is 0 Å². The van der Waals surface area contributed by atoms with Gasteiger partial charge in [-0.2, -0.15) is 13.2 Å². The lowest BCUT2D eigenvalue weighted by Crippen LogP contribution is -2.43. The third-order valence-corrected chi connectivity index (χ3v) is 2.77. The average molecular weight is 320 g/mol. The van der Waals surface area contributed by atoms with Crippen molar-refractivity contribution < 1.29 is 27.9 Å². The summed E-state index contributed by atoms with van der Waals surface area (Å²) in [5.41, 5.74) is -3.10. The number of rotatable bonds is 5. The van der Waals surface area contributed by atoms with Crippen molar-refractivity contribution in [1.29, 1.82) is 0 Å². The van der Waals surface area contributed by atoms with Gasteiger partial charge in [0.15, 0.2) is 0 Å². The third kappa shape index (κ3) is 4.61. The molecular weight excluding hydrogens is 305 g/mol. The summed E-state index contributed by atoms with van der Waals surface area (Å²) < 4.78 is 37.2. The van der Waals surface area contributed by atoms with Gasteiger partial charge < -0.3 is 15.4 Å². The average Bonchev–Trinajstić information content (AvgIpc) is 2.35. The number of alkyl halides is 3. The number of H-pyrrole nitrogens is 1. The molecule has 3 N–H and O–H groups in total. The van der Waals surface area contributed by atoms with E-state index in [-0.39, 0.29) is 12.3 Å². The van der Waals surface area contributed by atoms with Crippen molar-refractivity contribution in [2.45, 2.75) is 32.5 Å². The SMILES string of the molecule is CC(C)C[C@@H](NC(=O)c1ccc(C(F)(F)F)[nH]c1=O)C(=O)O. The summed E-state index contributed by atoms with van der Waals surface area (Å²) in [5, 5.41) is 11.1. The van der Waals surface area contributed by atoms with Crippen molar-refractivity contribution in [3.05, 3.63) is 33.7 Å². The Labute approximate surface area is 123 Å². The number of carbonyl (C=O) groups is 2. The molecule has 0 spiro atoms. The van der Waals surface area contributed by atoms with Crippen LogP contribution in [-0.4, -0.2) is 28.0 Å². The van der Waals surface area contributed by atoms with Crippen LogP contribution in [0.15, 0.2) is 16.9 Å². The highest BCUT2D eigenvalue weighted by molar-refractivity contribution is 5.96. The molecule has 6 nitrogen and oxygen atoms in total. The van der Waals surface area contributed by atoms with E-state index in [1.54, 1.807) is 18.8 Å². The summed E-state index contributed by atoms with van der Waals surface area (Å²) in [6.45, 7) is 3.49. The van der Waals surface area contributed by atoms with E-state index in [4.69, 9.17) is 5.11 Å². The Morgan fingerprint density at radius 2 is 1.91 bits per heavy atom. The van der Waals surface area contributed by atoms with E-state index in [1.807, 2.05) is 0 Å². The van der Waals surface area contributed by atoms with E-state index in [0.717, 1.165) is 0 Å². The number of aliphatic carboxylic acids is 1. The highest BCUT2D eigenvalue weighted by atomic mass is 19.4. The van der Waals surface area contributed by atoms with Crippen LogP contribution in [0.5, 0.6) is 0 Å². The van der Waals surface area contributed by atoms with E-state index < -0.39 is 40.9 Å². The molecular formula is C13H15F3N2O4. The van der Waals surface area contributed by atoms with Crippen molar-refractivity contribution in [2.24, 2.45) is 5.92 Å². The van der Waals surface area contributed by atoms with Crippen LogP contribution in [0, 0.1) is 5.92 Å². The predicted molar refractivity (Wildman–Crippen MR) is 70.4 cm³/mol. The zero-order chi connectivity index (χ0) is 17.1. The molecule has 9 heteroatoms. The zero-order valence-electron chi connectivity index (χ0n) is 11.8. The number of amides is 1. The summed E-state index contributed by atoms with van der Waals surface area (Å²) in [5.74, 6) is -2.36. The maximum Gasteiger partial charge on any atom is 0.431 e. The molecule has 0 fully saturated rings. The molecule has 1 amide bonds. The van der Waals surface area contributed by atoms with Gasteiger partial charge in [0.1, 0.15) is 17.3 Å². The molecule has 0 bridgehead atoms. The Bertz CT molecular complexity index is 622. The number of hydrogen-bond acceptors (Lipinski definition) is 3. The van der Waals surface area contributed by atoms with Crippen molar-refractivity contribution in [3.63, 3.8) is 0 Å². The molecule has 1 atom stereocenters. The molecule has 1 aromatic rings. The van der Waals surface area contributed by atoms with Crippen LogP contribution in [0.2, 0.25) is 0 Å². The number of aromatic nitrogens is 1. The first kappa shape index (κ1) is 17.7. The molecule has 0 saturated carbocycles. The van der Waals surface area contributed by atoms with E-state index in [2.05, 4.69) is 5.32 Å². The van der Waals surface area contributed by atoms with Gasteiger partial charge in [-0.25, -0.2) is 4.79 Å². The van der Waals surface area contributed by atoms with E-state index in [0.29, 0.717) is 12.1 Å². The van der Waals surface area contributed by atoms with Gasteiger partial charge in [0.2, 0.25) is 0 Å². The van der Waals surface area contributed by atoms with Crippen LogP contribution >= 0.6 is 0 Å². The topological polar surface area (TPSA) is 99.3 Å². The Balaban J connectivity index is 2.99. The molecule has 1 heterocycles. The summed E-state index contributed by atoms with van der Waals surface area (Å²) >= 11 is 0. The van der Waals surface area contributed by atoms with Gasteiger partial charge in [0, 0.05) is 0 Å². The van der Waals surface area contributed by atoms with Crippen molar-refractivity contribution >= 4 is 11.9 Å². The number of aromatic amines is 1. The van der Waals surface area contributed by atoms with Gasteiger partial charge >= 0.3 is 12.1 Å². The minimum atomic E-state index is -4.74. The van der Waals surface area contributed by atoms with Crippen LogP contribution in [0.3, 0.4) is 0 Å². The summed E-state index contributed by atoms with van der Waals surface area (Å²) in [7, 11) is 0. The number of carbonyl (C=O) groups excluding carboxylic acids is 1. The van der Waals surface area contributed by atoms with E-state index >= 15 is 0 Å². The minimum Gasteiger partial charge on any atom is -0.480 e. The Morgan fingerprint density at radius 1 is 1.32 bits per heavy atom. The molecule has 0 radical (unpaired) electrons. The van der Waals surface area contributed by atoms with Crippen molar-refractivity contribution in [1.82, 2.24) is 10.3 Å². The summed E-state index contributed by atoms with van der Waals surface area (Å²) in [6.07, 6.45) is -4.62. The molecule has 0 saturated heterocycles. The van der Waals surface area contributed by atoms with Crippen molar-refractivity contribution in [3.8, 4) is 0 Å². The zero-order valence-corrected chi connectivity index (χ0v) is 11.8. The quantitative estimate of drug-likeness (QED) is 0.767. The molecule has 22 heavy (non-hydrogen) atoms. The second-order valence-electron chi connectivity index (χ2n) is 5.11. The van der Waals surface area contributed by atoms with E-state index in [9.17, 15) is 27.6 Å². The predicted octanol–water partition coefficient (Wildman–Crippen LogP) is 1.62. The molecule has 0 aliphatic heterocycles. The number of carboxylic acids is 1. The monoisotopic (exact) mass is 320 g/mol. The Morgan fingerprint density at radius 3 is 2.32 bits per heavy atom. The van der Waals surface area contributed by atoms with Crippen LogP contribution in [0.1, 0.15) is 36.3 Å². The van der Waals surface area contributed by atoms with Crippen LogP contribution in [-0.2, 0) is 11.0 Å². The summed E-state index contributed by atoms with van der Waals surface area (Å²) in [4.78, 5) is 36.0. The molecule has 122 valence electrons. The second kappa shape index (κ2) is 6.63.